The zero-order valence-electron chi connectivity index (χ0n) is 12.9. The van der Waals surface area contributed by atoms with E-state index in [-0.39, 0.29) is 0 Å². The molecule has 1 unspecified atom stereocenters. The van der Waals surface area contributed by atoms with E-state index in [1.54, 1.807) is 14.2 Å². The summed E-state index contributed by atoms with van der Waals surface area (Å²) in [5.41, 5.74) is 3.98. The van der Waals surface area contributed by atoms with Crippen LogP contribution in [-0.4, -0.2) is 20.8 Å². The van der Waals surface area contributed by atoms with Gasteiger partial charge in [0.15, 0.2) is 11.5 Å². The van der Waals surface area contributed by atoms with E-state index in [9.17, 15) is 0 Å². The van der Waals surface area contributed by atoms with Crippen molar-refractivity contribution in [3.8, 4) is 11.5 Å². The van der Waals surface area contributed by atoms with E-state index in [1.807, 2.05) is 0 Å². The highest BCUT2D eigenvalue weighted by atomic mass is 79.9. The first-order chi connectivity index (χ1) is 10.7. The molecule has 22 heavy (non-hydrogen) atoms. The van der Waals surface area contributed by atoms with Gasteiger partial charge in [-0.15, -0.1) is 0 Å². The van der Waals surface area contributed by atoms with Crippen LogP contribution < -0.4 is 14.8 Å². The van der Waals surface area contributed by atoms with Gasteiger partial charge in [-0.1, -0.05) is 28.1 Å². The molecule has 0 bridgehead atoms. The topological polar surface area (TPSA) is 30.5 Å². The SMILES string of the molecule is COc1cc2c(cc1OC)C(Cc1ccc(Br)cc1)NCC2. The summed E-state index contributed by atoms with van der Waals surface area (Å²) < 4.78 is 12.0. The fourth-order valence-corrected chi connectivity index (χ4v) is 3.27. The predicted molar refractivity (Wildman–Crippen MR) is 91.8 cm³/mol. The third-order valence-electron chi connectivity index (χ3n) is 4.16. The molecule has 0 saturated heterocycles. The lowest BCUT2D eigenvalue weighted by Crippen LogP contribution is -2.31. The molecular formula is C18H20BrNO2. The maximum atomic E-state index is 5.46. The van der Waals surface area contributed by atoms with Gasteiger partial charge in [0.2, 0.25) is 0 Å². The van der Waals surface area contributed by atoms with Crippen LogP contribution in [0.3, 0.4) is 0 Å². The van der Waals surface area contributed by atoms with Gasteiger partial charge in [0, 0.05) is 10.5 Å². The third-order valence-corrected chi connectivity index (χ3v) is 4.69. The van der Waals surface area contributed by atoms with E-state index >= 15 is 0 Å². The molecule has 1 heterocycles. The van der Waals surface area contributed by atoms with Gasteiger partial charge in [-0.2, -0.15) is 0 Å². The van der Waals surface area contributed by atoms with Crippen LogP contribution in [0.15, 0.2) is 40.9 Å². The summed E-state index contributed by atoms with van der Waals surface area (Å²) >= 11 is 3.49. The number of ether oxygens (including phenoxy) is 2. The molecule has 3 rings (SSSR count). The van der Waals surface area contributed by atoms with Gasteiger partial charge in [-0.05, 0) is 60.3 Å². The Balaban J connectivity index is 1.91. The molecule has 0 radical (unpaired) electrons. The van der Waals surface area contributed by atoms with Gasteiger partial charge in [0.1, 0.15) is 0 Å². The van der Waals surface area contributed by atoms with Gasteiger partial charge >= 0.3 is 0 Å². The van der Waals surface area contributed by atoms with Gasteiger partial charge < -0.3 is 14.8 Å². The zero-order valence-corrected chi connectivity index (χ0v) is 14.4. The van der Waals surface area contributed by atoms with Crippen LogP contribution in [0.2, 0.25) is 0 Å². The van der Waals surface area contributed by atoms with Gasteiger partial charge in [0.05, 0.1) is 14.2 Å². The summed E-state index contributed by atoms with van der Waals surface area (Å²) in [7, 11) is 3.37. The van der Waals surface area contributed by atoms with Crippen molar-refractivity contribution in [2.45, 2.75) is 18.9 Å². The van der Waals surface area contributed by atoms with Crippen LogP contribution in [0.25, 0.3) is 0 Å². The van der Waals surface area contributed by atoms with Crippen LogP contribution in [-0.2, 0) is 12.8 Å². The molecule has 0 fully saturated rings. The average molecular weight is 362 g/mol. The van der Waals surface area contributed by atoms with E-state index in [1.165, 1.54) is 16.7 Å². The highest BCUT2D eigenvalue weighted by Crippen LogP contribution is 2.36. The Morgan fingerprint density at radius 3 is 2.45 bits per heavy atom. The lowest BCUT2D eigenvalue weighted by atomic mass is 9.90. The maximum Gasteiger partial charge on any atom is 0.161 e. The molecular weight excluding hydrogens is 342 g/mol. The molecule has 0 spiro atoms. The second-order valence-electron chi connectivity index (χ2n) is 5.49. The molecule has 116 valence electrons. The van der Waals surface area contributed by atoms with E-state index in [0.717, 1.165) is 35.4 Å². The predicted octanol–water partition coefficient (Wildman–Crippen LogP) is 3.90. The van der Waals surface area contributed by atoms with Crippen molar-refractivity contribution >= 4 is 15.9 Å². The Hall–Kier alpha value is -1.52. The number of methoxy groups -OCH3 is 2. The Kier molecular flexibility index (Phi) is 4.69. The fraction of sp³-hybridized carbons (Fsp3) is 0.333. The van der Waals surface area contributed by atoms with Crippen molar-refractivity contribution < 1.29 is 9.47 Å². The number of hydrogen-bond donors (Lipinski definition) is 1. The van der Waals surface area contributed by atoms with Crippen molar-refractivity contribution in [3.63, 3.8) is 0 Å². The van der Waals surface area contributed by atoms with Gasteiger partial charge in [0.25, 0.3) is 0 Å². The number of nitrogens with one attached hydrogen (secondary N) is 1. The van der Waals surface area contributed by atoms with Crippen LogP contribution in [0.5, 0.6) is 11.5 Å². The van der Waals surface area contributed by atoms with Crippen LogP contribution >= 0.6 is 15.9 Å². The molecule has 2 aromatic carbocycles. The molecule has 1 aliphatic rings. The minimum Gasteiger partial charge on any atom is -0.493 e. The molecule has 0 saturated carbocycles. The standard InChI is InChI=1S/C18H20BrNO2/c1-21-17-10-13-7-8-20-16(15(13)11-18(17)22-2)9-12-3-5-14(19)6-4-12/h3-6,10-11,16,20H,7-9H2,1-2H3. The van der Waals surface area contributed by atoms with Crippen LogP contribution in [0.4, 0.5) is 0 Å². The van der Waals surface area contributed by atoms with Crippen LogP contribution in [0.1, 0.15) is 22.7 Å². The van der Waals surface area contributed by atoms with E-state index in [4.69, 9.17) is 9.47 Å². The summed E-state index contributed by atoms with van der Waals surface area (Å²) in [6, 6.07) is 13.1. The number of fused-ring (bicyclic) bond motifs is 1. The molecule has 0 aliphatic carbocycles. The average Bonchev–Trinajstić information content (AvgIpc) is 2.56. The Bertz CT molecular complexity index is 655. The first-order valence-corrected chi connectivity index (χ1v) is 8.23. The first-order valence-electron chi connectivity index (χ1n) is 7.44. The lowest BCUT2D eigenvalue weighted by molar-refractivity contribution is 0.352. The second-order valence-corrected chi connectivity index (χ2v) is 6.41. The number of hydrogen-bond acceptors (Lipinski definition) is 3. The molecule has 1 atom stereocenters. The maximum absolute atomic E-state index is 5.46. The Labute approximate surface area is 139 Å². The Morgan fingerprint density at radius 1 is 1.09 bits per heavy atom. The third kappa shape index (κ3) is 3.13. The highest BCUT2D eigenvalue weighted by molar-refractivity contribution is 9.10. The molecule has 4 heteroatoms. The summed E-state index contributed by atoms with van der Waals surface area (Å²) in [6.07, 6.45) is 1.99. The fourth-order valence-electron chi connectivity index (χ4n) is 3.01. The quantitative estimate of drug-likeness (QED) is 0.895. The summed E-state index contributed by atoms with van der Waals surface area (Å²) in [5, 5.41) is 3.62. The first kappa shape index (κ1) is 15.4. The molecule has 1 N–H and O–H groups in total. The largest absolute Gasteiger partial charge is 0.493 e. The lowest BCUT2D eigenvalue weighted by Gasteiger charge is -2.28. The van der Waals surface area contributed by atoms with Crippen molar-refractivity contribution in [2.75, 3.05) is 20.8 Å². The van der Waals surface area contributed by atoms with Crippen molar-refractivity contribution in [3.05, 3.63) is 57.6 Å². The van der Waals surface area contributed by atoms with Gasteiger partial charge in [-0.25, -0.2) is 0 Å². The number of halogens is 1. The Morgan fingerprint density at radius 2 is 1.77 bits per heavy atom. The highest BCUT2D eigenvalue weighted by Gasteiger charge is 2.22. The summed E-state index contributed by atoms with van der Waals surface area (Å²) in [5.74, 6) is 1.61. The molecule has 1 aliphatic heterocycles. The monoisotopic (exact) mass is 361 g/mol. The zero-order chi connectivity index (χ0) is 15.5. The van der Waals surface area contributed by atoms with E-state index in [2.05, 4.69) is 57.6 Å². The molecule has 3 nitrogen and oxygen atoms in total. The molecule has 0 aromatic heterocycles. The minimum absolute atomic E-state index is 0.310. The number of benzene rings is 2. The van der Waals surface area contributed by atoms with E-state index < -0.39 is 0 Å². The minimum atomic E-state index is 0.310. The van der Waals surface area contributed by atoms with Crippen LogP contribution in [0, 0.1) is 0 Å². The number of rotatable bonds is 4. The van der Waals surface area contributed by atoms with Crippen molar-refractivity contribution in [2.24, 2.45) is 0 Å². The smallest absolute Gasteiger partial charge is 0.161 e. The second kappa shape index (κ2) is 6.71. The van der Waals surface area contributed by atoms with Crippen molar-refractivity contribution in [1.29, 1.82) is 0 Å². The normalized spacial score (nSPS) is 17.0. The van der Waals surface area contributed by atoms with Crippen molar-refractivity contribution in [1.82, 2.24) is 5.32 Å². The van der Waals surface area contributed by atoms with E-state index in [0.29, 0.717) is 6.04 Å². The molecule has 0 amide bonds. The summed E-state index contributed by atoms with van der Waals surface area (Å²) in [4.78, 5) is 0. The summed E-state index contributed by atoms with van der Waals surface area (Å²) in [6.45, 7) is 0.990. The van der Waals surface area contributed by atoms with Gasteiger partial charge in [-0.3, -0.25) is 0 Å². The molecule has 2 aromatic rings.